The third-order valence-electron chi connectivity index (χ3n) is 5.13. The SMILES string of the molecule is CCN1CCC(CNC(=O)C2CCCCCC2N)CC1. The molecule has 2 rings (SSSR count). The van der Waals surface area contributed by atoms with Crippen molar-refractivity contribution in [1.82, 2.24) is 10.2 Å². The summed E-state index contributed by atoms with van der Waals surface area (Å²) >= 11 is 0. The van der Waals surface area contributed by atoms with E-state index in [4.69, 9.17) is 5.73 Å². The molecule has 0 bridgehead atoms. The van der Waals surface area contributed by atoms with Crippen molar-refractivity contribution in [2.75, 3.05) is 26.2 Å². The first-order valence-electron chi connectivity index (χ1n) is 8.46. The lowest BCUT2D eigenvalue weighted by atomic mass is 9.93. The molecule has 1 saturated heterocycles. The molecule has 1 heterocycles. The van der Waals surface area contributed by atoms with Gasteiger partial charge >= 0.3 is 0 Å². The monoisotopic (exact) mass is 281 g/mol. The molecule has 2 aliphatic rings. The number of rotatable bonds is 4. The minimum Gasteiger partial charge on any atom is -0.356 e. The Hall–Kier alpha value is -0.610. The largest absolute Gasteiger partial charge is 0.356 e. The van der Waals surface area contributed by atoms with E-state index in [0.717, 1.165) is 32.4 Å². The molecule has 20 heavy (non-hydrogen) atoms. The fourth-order valence-electron chi connectivity index (χ4n) is 3.54. The molecule has 2 unspecified atom stereocenters. The van der Waals surface area contributed by atoms with Crippen LogP contribution in [-0.4, -0.2) is 43.0 Å². The summed E-state index contributed by atoms with van der Waals surface area (Å²) in [5.41, 5.74) is 6.16. The van der Waals surface area contributed by atoms with Crippen molar-refractivity contribution in [3.05, 3.63) is 0 Å². The number of hydrogen-bond donors (Lipinski definition) is 2. The second-order valence-corrected chi connectivity index (χ2v) is 6.53. The zero-order chi connectivity index (χ0) is 14.4. The van der Waals surface area contributed by atoms with Gasteiger partial charge < -0.3 is 16.0 Å². The lowest BCUT2D eigenvalue weighted by Crippen LogP contribution is -2.44. The van der Waals surface area contributed by atoms with Crippen LogP contribution in [0.5, 0.6) is 0 Å². The zero-order valence-corrected chi connectivity index (χ0v) is 12.9. The van der Waals surface area contributed by atoms with Gasteiger partial charge in [-0.05, 0) is 51.2 Å². The quantitative estimate of drug-likeness (QED) is 0.772. The van der Waals surface area contributed by atoms with Crippen LogP contribution in [0.2, 0.25) is 0 Å². The first-order chi connectivity index (χ1) is 9.70. The molecule has 3 N–H and O–H groups in total. The first kappa shape index (κ1) is 15.8. The topological polar surface area (TPSA) is 58.4 Å². The predicted octanol–water partition coefficient (Wildman–Crippen LogP) is 1.74. The van der Waals surface area contributed by atoms with Gasteiger partial charge in [0.1, 0.15) is 0 Å². The molecule has 1 aliphatic heterocycles. The highest BCUT2D eigenvalue weighted by Crippen LogP contribution is 2.23. The van der Waals surface area contributed by atoms with Gasteiger partial charge in [0, 0.05) is 12.6 Å². The van der Waals surface area contributed by atoms with Crippen molar-refractivity contribution in [2.45, 2.75) is 57.9 Å². The zero-order valence-electron chi connectivity index (χ0n) is 12.9. The average molecular weight is 281 g/mol. The van der Waals surface area contributed by atoms with E-state index in [1.807, 2.05) is 0 Å². The Balaban J connectivity index is 1.71. The Morgan fingerprint density at radius 2 is 1.85 bits per heavy atom. The maximum Gasteiger partial charge on any atom is 0.224 e. The first-order valence-corrected chi connectivity index (χ1v) is 8.46. The predicted molar refractivity (Wildman–Crippen MR) is 82.4 cm³/mol. The van der Waals surface area contributed by atoms with Crippen LogP contribution in [0.25, 0.3) is 0 Å². The normalized spacial score (nSPS) is 29.9. The third-order valence-corrected chi connectivity index (χ3v) is 5.13. The third kappa shape index (κ3) is 4.45. The molecule has 0 aromatic heterocycles. The molecule has 2 atom stereocenters. The summed E-state index contributed by atoms with van der Waals surface area (Å²) in [7, 11) is 0. The minimum atomic E-state index is 0.0493. The number of piperidine rings is 1. The number of nitrogens with zero attached hydrogens (tertiary/aromatic N) is 1. The van der Waals surface area contributed by atoms with Gasteiger partial charge in [-0.25, -0.2) is 0 Å². The summed E-state index contributed by atoms with van der Waals surface area (Å²) in [6.07, 6.45) is 7.97. The van der Waals surface area contributed by atoms with Crippen LogP contribution in [0.15, 0.2) is 0 Å². The molecule has 0 aromatic carbocycles. The molecular weight excluding hydrogens is 250 g/mol. The van der Waals surface area contributed by atoms with E-state index in [-0.39, 0.29) is 17.9 Å². The standard InChI is InChI=1S/C16H31N3O/c1-2-19-10-8-13(9-11-19)12-18-16(20)14-6-4-3-5-7-15(14)17/h13-15H,2-12,17H2,1H3,(H,18,20). The van der Waals surface area contributed by atoms with Gasteiger partial charge in [0.15, 0.2) is 0 Å². The molecule has 0 radical (unpaired) electrons. The fourth-order valence-corrected chi connectivity index (χ4v) is 3.54. The molecule has 1 amide bonds. The lowest BCUT2D eigenvalue weighted by Gasteiger charge is -2.31. The van der Waals surface area contributed by atoms with Crippen molar-refractivity contribution < 1.29 is 4.79 Å². The summed E-state index contributed by atoms with van der Waals surface area (Å²) < 4.78 is 0. The van der Waals surface area contributed by atoms with E-state index in [1.165, 1.54) is 38.8 Å². The van der Waals surface area contributed by atoms with E-state index < -0.39 is 0 Å². The smallest absolute Gasteiger partial charge is 0.224 e. The Morgan fingerprint density at radius 3 is 2.55 bits per heavy atom. The molecule has 1 saturated carbocycles. The van der Waals surface area contributed by atoms with Gasteiger partial charge in [-0.15, -0.1) is 0 Å². The van der Waals surface area contributed by atoms with Crippen LogP contribution < -0.4 is 11.1 Å². The number of carbonyl (C=O) groups is 1. The van der Waals surface area contributed by atoms with Crippen LogP contribution in [0, 0.1) is 11.8 Å². The Morgan fingerprint density at radius 1 is 1.15 bits per heavy atom. The summed E-state index contributed by atoms with van der Waals surface area (Å²) in [6, 6.07) is 0.0689. The summed E-state index contributed by atoms with van der Waals surface area (Å²) in [5, 5.41) is 3.18. The van der Waals surface area contributed by atoms with Crippen molar-refractivity contribution in [2.24, 2.45) is 17.6 Å². The number of hydrogen-bond acceptors (Lipinski definition) is 3. The van der Waals surface area contributed by atoms with Gasteiger partial charge in [-0.1, -0.05) is 26.2 Å². The highest BCUT2D eigenvalue weighted by Gasteiger charge is 2.27. The van der Waals surface area contributed by atoms with E-state index in [9.17, 15) is 4.79 Å². The van der Waals surface area contributed by atoms with E-state index in [1.54, 1.807) is 0 Å². The Labute approximate surface area is 123 Å². The highest BCUT2D eigenvalue weighted by molar-refractivity contribution is 5.79. The molecular formula is C16H31N3O. The number of carbonyl (C=O) groups excluding carboxylic acids is 1. The van der Waals surface area contributed by atoms with Crippen molar-refractivity contribution in [1.29, 1.82) is 0 Å². The average Bonchev–Trinajstić information content (AvgIpc) is 2.70. The second-order valence-electron chi connectivity index (χ2n) is 6.53. The van der Waals surface area contributed by atoms with Crippen molar-refractivity contribution in [3.8, 4) is 0 Å². The van der Waals surface area contributed by atoms with Crippen LogP contribution in [0.3, 0.4) is 0 Å². The van der Waals surface area contributed by atoms with Crippen LogP contribution in [-0.2, 0) is 4.79 Å². The summed E-state index contributed by atoms with van der Waals surface area (Å²) in [6.45, 7) is 6.57. The van der Waals surface area contributed by atoms with E-state index in [0.29, 0.717) is 5.92 Å². The number of likely N-dealkylation sites (tertiary alicyclic amines) is 1. The van der Waals surface area contributed by atoms with Gasteiger partial charge in [0.25, 0.3) is 0 Å². The minimum absolute atomic E-state index is 0.0493. The van der Waals surface area contributed by atoms with Gasteiger partial charge in [0.05, 0.1) is 5.92 Å². The molecule has 1 aliphatic carbocycles. The van der Waals surface area contributed by atoms with Gasteiger partial charge in [-0.3, -0.25) is 4.79 Å². The van der Waals surface area contributed by atoms with Crippen LogP contribution >= 0.6 is 0 Å². The number of nitrogens with one attached hydrogen (secondary N) is 1. The molecule has 4 heteroatoms. The van der Waals surface area contributed by atoms with E-state index >= 15 is 0 Å². The van der Waals surface area contributed by atoms with E-state index in [2.05, 4.69) is 17.1 Å². The van der Waals surface area contributed by atoms with Crippen LogP contribution in [0.1, 0.15) is 51.9 Å². The Kier molecular flexibility index (Phi) is 6.30. The van der Waals surface area contributed by atoms with Gasteiger partial charge in [0.2, 0.25) is 5.91 Å². The number of nitrogens with two attached hydrogens (primary N) is 1. The maximum atomic E-state index is 12.3. The Bertz CT molecular complexity index is 300. The van der Waals surface area contributed by atoms with Crippen LogP contribution in [0.4, 0.5) is 0 Å². The lowest BCUT2D eigenvalue weighted by molar-refractivity contribution is -0.126. The van der Waals surface area contributed by atoms with Crippen molar-refractivity contribution in [3.63, 3.8) is 0 Å². The maximum absolute atomic E-state index is 12.3. The number of amides is 1. The molecule has 116 valence electrons. The molecule has 4 nitrogen and oxygen atoms in total. The summed E-state index contributed by atoms with van der Waals surface area (Å²) in [4.78, 5) is 14.8. The highest BCUT2D eigenvalue weighted by atomic mass is 16.1. The fraction of sp³-hybridized carbons (Fsp3) is 0.938. The summed E-state index contributed by atoms with van der Waals surface area (Å²) in [5.74, 6) is 0.911. The van der Waals surface area contributed by atoms with Gasteiger partial charge in [-0.2, -0.15) is 0 Å². The van der Waals surface area contributed by atoms with Crippen molar-refractivity contribution >= 4 is 5.91 Å². The molecule has 0 spiro atoms. The molecule has 0 aromatic rings. The second kappa shape index (κ2) is 7.99. The molecule has 2 fully saturated rings.